The minimum Gasteiger partial charge on any atom is -0.365 e. The lowest BCUT2D eigenvalue weighted by Crippen LogP contribution is -1.97. The summed E-state index contributed by atoms with van der Waals surface area (Å²) >= 11 is 1.57. The highest BCUT2D eigenvalue weighted by Crippen LogP contribution is 2.31. The molecule has 0 atom stereocenters. The third-order valence-corrected chi connectivity index (χ3v) is 5.05. The molecule has 3 N–H and O–H groups in total. The number of imidazole rings is 1. The quantitative estimate of drug-likeness (QED) is 0.427. The summed E-state index contributed by atoms with van der Waals surface area (Å²) in [5.74, 6) is 1.22. The van der Waals surface area contributed by atoms with Crippen molar-refractivity contribution in [3.05, 3.63) is 60.4 Å². The third kappa shape index (κ3) is 4.04. The number of hydrogen-bond acceptors (Lipinski definition) is 8. The number of nitrogens with one attached hydrogen (secondary N) is 3. The number of benzene rings is 1. The topological polar surface area (TPSA) is 104 Å². The van der Waals surface area contributed by atoms with Crippen molar-refractivity contribution >= 4 is 40.0 Å². The highest BCUT2D eigenvalue weighted by atomic mass is 32.1. The van der Waals surface area contributed by atoms with Crippen molar-refractivity contribution in [1.29, 1.82) is 0 Å². The van der Waals surface area contributed by atoms with E-state index in [1.807, 2.05) is 44.3 Å². The molecule has 4 rings (SSSR count). The number of nitrogens with zero attached hydrogens (tertiary/aromatic N) is 5. The summed E-state index contributed by atoms with van der Waals surface area (Å²) < 4.78 is 0. The van der Waals surface area contributed by atoms with E-state index in [4.69, 9.17) is 0 Å². The van der Waals surface area contributed by atoms with Gasteiger partial charge in [0.2, 0.25) is 5.95 Å². The second-order valence-electron chi connectivity index (χ2n) is 5.86. The first kappa shape index (κ1) is 17.8. The van der Waals surface area contributed by atoms with Gasteiger partial charge in [-0.25, -0.2) is 19.9 Å². The van der Waals surface area contributed by atoms with E-state index in [0.717, 1.165) is 32.8 Å². The maximum atomic E-state index is 4.63. The molecule has 9 heteroatoms. The standard InChI is InChI=1S/C19H18N8S/c1-12-17(28-19(20-2)25-12)15-6-7-23-18(27-15)26-14-5-3-4-13(10-14)24-11-16-21-8-9-22-16/h3-11H,1-2H3,(H,20,25)(H,21,22)(H,23,26,27). The van der Waals surface area contributed by atoms with E-state index >= 15 is 0 Å². The number of H-pyrrole nitrogens is 1. The van der Waals surface area contributed by atoms with Crippen molar-refractivity contribution in [3.63, 3.8) is 0 Å². The molecule has 4 aromatic rings. The highest BCUT2D eigenvalue weighted by Gasteiger charge is 2.11. The van der Waals surface area contributed by atoms with Crippen LogP contribution >= 0.6 is 11.3 Å². The van der Waals surface area contributed by atoms with Crippen molar-refractivity contribution in [2.24, 2.45) is 4.99 Å². The van der Waals surface area contributed by atoms with E-state index in [0.29, 0.717) is 11.8 Å². The maximum Gasteiger partial charge on any atom is 0.227 e. The monoisotopic (exact) mass is 390 g/mol. The fourth-order valence-electron chi connectivity index (χ4n) is 2.56. The highest BCUT2D eigenvalue weighted by molar-refractivity contribution is 7.19. The SMILES string of the molecule is CNc1nc(C)c(-c2ccnc(Nc3cccc(N=Cc4ncc[nH]4)c3)n2)s1. The molecule has 0 fully saturated rings. The molecular formula is C19H18N8S. The second-order valence-corrected chi connectivity index (χ2v) is 6.86. The number of rotatable bonds is 6. The summed E-state index contributed by atoms with van der Waals surface area (Å²) in [5, 5.41) is 7.17. The molecular weight excluding hydrogens is 372 g/mol. The van der Waals surface area contributed by atoms with Crippen LogP contribution in [0, 0.1) is 6.92 Å². The molecule has 8 nitrogen and oxygen atoms in total. The number of hydrogen-bond donors (Lipinski definition) is 3. The Labute approximate surface area is 165 Å². The Kier molecular flexibility index (Phi) is 5.07. The first-order valence-electron chi connectivity index (χ1n) is 8.60. The van der Waals surface area contributed by atoms with Crippen molar-refractivity contribution in [3.8, 4) is 10.6 Å². The number of anilines is 3. The molecule has 3 heterocycles. The van der Waals surface area contributed by atoms with Gasteiger partial charge in [-0.3, -0.25) is 4.99 Å². The van der Waals surface area contributed by atoms with Crippen molar-refractivity contribution < 1.29 is 0 Å². The van der Waals surface area contributed by atoms with Crippen LogP contribution in [0.1, 0.15) is 11.5 Å². The van der Waals surface area contributed by atoms with Crippen LogP contribution in [0.15, 0.2) is 53.9 Å². The summed E-state index contributed by atoms with van der Waals surface area (Å²) in [5.41, 5.74) is 3.42. The summed E-state index contributed by atoms with van der Waals surface area (Å²) in [7, 11) is 1.86. The first-order chi connectivity index (χ1) is 13.7. The van der Waals surface area contributed by atoms with Gasteiger partial charge in [0.05, 0.1) is 28.2 Å². The van der Waals surface area contributed by atoms with Gasteiger partial charge in [-0.15, -0.1) is 0 Å². The zero-order valence-electron chi connectivity index (χ0n) is 15.3. The van der Waals surface area contributed by atoms with E-state index in [-0.39, 0.29) is 0 Å². The van der Waals surface area contributed by atoms with Gasteiger partial charge >= 0.3 is 0 Å². The normalized spacial score (nSPS) is 11.1. The van der Waals surface area contributed by atoms with Gasteiger partial charge in [0.15, 0.2) is 5.13 Å². The molecule has 140 valence electrons. The Morgan fingerprint density at radius 3 is 2.86 bits per heavy atom. The maximum absolute atomic E-state index is 4.63. The van der Waals surface area contributed by atoms with Crippen LogP contribution in [0.2, 0.25) is 0 Å². The van der Waals surface area contributed by atoms with Crippen LogP contribution in [0.25, 0.3) is 10.6 Å². The zero-order valence-corrected chi connectivity index (χ0v) is 16.2. The van der Waals surface area contributed by atoms with Crippen molar-refractivity contribution in [2.45, 2.75) is 6.92 Å². The molecule has 0 unspecified atom stereocenters. The molecule has 0 aliphatic carbocycles. The van der Waals surface area contributed by atoms with Gasteiger partial charge in [0.1, 0.15) is 5.82 Å². The predicted octanol–water partition coefficient (Wildman–Crippen LogP) is 4.17. The minimum atomic E-state index is 0.517. The summed E-state index contributed by atoms with van der Waals surface area (Å²) in [6.45, 7) is 1.97. The van der Waals surface area contributed by atoms with Gasteiger partial charge in [0.25, 0.3) is 0 Å². The Bertz CT molecular complexity index is 1100. The smallest absolute Gasteiger partial charge is 0.227 e. The molecule has 0 aliphatic heterocycles. The lowest BCUT2D eigenvalue weighted by molar-refractivity contribution is 1.16. The van der Waals surface area contributed by atoms with E-state index in [1.54, 1.807) is 36.1 Å². The number of aromatic amines is 1. The fourth-order valence-corrected chi connectivity index (χ4v) is 3.45. The van der Waals surface area contributed by atoms with Gasteiger partial charge < -0.3 is 15.6 Å². The molecule has 0 saturated carbocycles. The van der Waals surface area contributed by atoms with Crippen LogP contribution < -0.4 is 10.6 Å². The van der Waals surface area contributed by atoms with Gasteiger partial charge in [-0.2, -0.15) is 0 Å². The van der Waals surface area contributed by atoms with Gasteiger partial charge in [-0.1, -0.05) is 17.4 Å². The van der Waals surface area contributed by atoms with Crippen LogP contribution in [0.4, 0.5) is 22.5 Å². The lowest BCUT2D eigenvalue weighted by atomic mass is 10.3. The number of thiazole rings is 1. The lowest BCUT2D eigenvalue weighted by Gasteiger charge is -2.06. The molecule has 28 heavy (non-hydrogen) atoms. The van der Waals surface area contributed by atoms with Gasteiger partial charge in [0, 0.05) is 31.3 Å². The minimum absolute atomic E-state index is 0.517. The Hall–Kier alpha value is -3.59. The molecule has 0 radical (unpaired) electrons. The third-order valence-electron chi connectivity index (χ3n) is 3.86. The van der Waals surface area contributed by atoms with Gasteiger partial charge in [-0.05, 0) is 31.2 Å². The summed E-state index contributed by atoms with van der Waals surface area (Å²) in [6.07, 6.45) is 6.87. The van der Waals surface area contributed by atoms with Crippen LogP contribution in [0.3, 0.4) is 0 Å². The first-order valence-corrected chi connectivity index (χ1v) is 9.42. The number of aryl methyl sites for hydroxylation is 1. The molecule has 0 amide bonds. The Balaban J connectivity index is 1.54. The number of aliphatic imine (C=N–C) groups is 1. The van der Waals surface area contributed by atoms with Crippen molar-refractivity contribution in [2.75, 3.05) is 17.7 Å². The van der Waals surface area contributed by atoms with Crippen molar-refractivity contribution in [1.82, 2.24) is 24.9 Å². The van der Waals surface area contributed by atoms with E-state index in [1.165, 1.54) is 0 Å². The van der Waals surface area contributed by atoms with Crippen LogP contribution in [0.5, 0.6) is 0 Å². The van der Waals surface area contributed by atoms with Crippen LogP contribution in [-0.4, -0.2) is 38.2 Å². The average Bonchev–Trinajstić information content (AvgIpc) is 3.36. The summed E-state index contributed by atoms with van der Waals surface area (Å²) in [6, 6.07) is 9.59. The fraction of sp³-hybridized carbons (Fsp3) is 0.105. The second kappa shape index (κ2) is 7.97. The Morgan fingerprint density at radius 2 is 2.07 bits per heavy atom. The van der Waals surface area contributed by atoms with Crippen LogP contribution in [-0.2, 0) is 0 Å². The predicted molar refractivity (Wildman–Crippen MR) is 113 cm³/mol. The van der Waals surface area contributed by atoms with E-state index in [9.17, 15) is 0 Å². The molecule has 1 aromatic carbocycles. The van der Waals surface area contributed by atoms with E-state index in [2.05, 4.69) is 40.5 Å². The summed E-state index contributed by atoms with van der Waals surface area (Å²) in [4.78, 5) is 26.0. The largest absolute Gasteiger partial charge is 0.365 e. The molecule has 0 aliphatic rings. The molecule has 0 bridgehead atoms. The average molecular weight is 390 g/mol. The van der Waals surface area contributed by atoms with E-state index < -0.39 is 0 Å². The molecule has 0 saturated heterocycles. The number of aromatic nitrogens is 5. The Morgan fingerprint density at radius 1 is 1.14 bits per heavy atom. The zero-order chi connectivity index (χ0) is 19.3. The molecule has 0 spiro atoms. The molecule has 3 aromatic heterocycles.